The third-order valence-corrected chi connectivity index (χ3v) is 4.85. The monoisotopic (exact) mass is 258 g/mol. The first-order chi connectivity index (χ1) is 9.13. The summed E-state index contributed by atoms with van der Waals surface area (Å²) < 4.78 is 6.12. The molecule has 2 aliphatic carbocycles. The summed E-state index contributed by atoms with van der Waals surface area (Å²) in [7, 11) is 0. The van der Waals surface area contributed by atoms with E-state index in [1.807, 2.05) is 12.1 Å². The second-order valence-electron chi connectivity index (χ2n) is 6.25. The van der Waals surface area contributed by atoms with Crippen LogP contribution in [0.2, 0.25) is 0 Å². The average Bonchev–Trinajstić information content (AvgIpc) is 2.75. The molecule has 0 aromatic heterocycles. The van der Waals surface area contributed by atoms with Crippen LogP contribution in [-0.4, -0.2) is 11.9 Å². The molecular weight excluding hydrogens is 236 g/mol. The molecule has 0 spiro atoms. The van der Waals surface area contributed by atoms with Crippen molar-refractivity contribution in [1.82, 2.24) is 0 Å². The molecule has 2 nitrogen and oxygen atoms in total. The molecule has 0 radical (unpaired) electrons. The molecule has 0 N–H and O–H groups in total. The zero-order chi connectivity index (χ0) is 13.4. The van der Waals surface area contributed by atoms with Gasteiger partial charge in [0.25, 0.3) is 0 Å². The number of ether oxygens (including phenoxy) is 1. The number of hydrogen-bond donors (Lipinski definition) is 0. The average molecular weight is 258 g/mol. The summed E-state index contributed by atoms with van der Waals surface area (Å²) in [5.41, 5.74) is 2.07. The topological polar surface area (TPSA) is 26.3 Å². The van der Waals surface area contributed by atoms with Gasteiger partial charge in [-0.1, -0.05) is 13.8 Å². The van der Waals surface area contributed by atoms with Crippen molar-refractivity contribution in [3.05, 3.63) is 29.3 Å². The van der Waals surface area contributed by atoms with Crippen molar-refractivity contribution in [2.45, 2.75) is 52.1 Å². The number of rotatable bonds is 2. The summed E-state index contributed by atoms with van der Waals surface area (Å²) in [5, 5.41) is 0. The fourth-order valence-corrected chi connectivity index (χ4v) is 3.30. The molecule has 0 saturated heterocycles. The van der Waals surface area contributed by atoms with Crippen LogP contribution in [0.1, 0.15) is 55.5 Å². The van der Waals surface area contributed by atoms with Gasteiger partial charge in [0.15, 0.2) is 5.78 Å². The minimum Gasteiger partial charge on any atom is -0.490 e. The van der Waals surface area contributed by atoms with Gasteiger partial charge in [0.05, 0.1) is 6.10 Å². The SMILES string of the molecule is CC1CCC(Oc2ccc3c(c2)CCC3=O)CC1C. The van der Waals surface area contributed by atoms with Crippen molar-refractivity contribution in [2.24, 2.45) is 11.8 Å². The molecular formula is C17H22O2. The second kappa shape index (κ2) is 4.99. The van der Waals surface area contributed by atoms with Crippen molar-refractivity contribution in [1.29, 1.82) is 0 Å². The minimum absolute atomic E-state index is 0.279. The molecule has 19 heavy (non-hydrogen) atoms. The highest BCUT2D eigenvalue weighted by atomic mass is 16.5. The number of Topliss-reactive ketones (excluding diaryl/α,β-unsaturated/α-hetero) is 1. The second-order valence-corrected chi connectivity index (χ2v) is 6.25. The highest BCUT2D eigenvalue weighted by Crippen LogP contribution is 2.33. The highest BCUT2D eigenvalue weighted by molar-refractivity contribution is 6.00. The Bertz CT molecular complexity index is 492. The van der Waals surface area contributed by atoms with Crippen LogP contribution in [0.5, 0.6) is 5.75 Å². The highest BCUT2D eigenvalue weighted by Gasteiger charge is 2.26. The Morgan fingerprint density at radius 2 is 1.95 bits per heavy atom. The van der Waals surface area contributed by atoms with E-state index in [-0.39, 0.29) is 5.78 Å². The number of carbonyl (C=O) groups excluding carboxylic acids is 1. The van der Waals surface area contributed by atoms with E-state index < -0.39 is 0 Å². The van der Waals surface area contributed by atoms with Gasteiger partial charge in [-0.05, 0) is 61.3 Å². The summed E-state index contributed by atoms with van der Waals surface area (Å²) in [6.07, 6.45) is 5.45. The predicted octanol–water partition coefficient (Wildman–Crippen LogP) is 4.02. The number of ketones is 1. The molecule has 1 fully saturated rings. The van der Waals surface area contributed by atoms with E-state index in [0.29, 0.717) is 12.5 Å². The Kier molecular flexibility index (Phi) is 3.34. The van der Waals surface area contributed by atoms with Crippen LogP contribution < -0.4 is 4.74 Å². The lowest BCUT2D eigenvalue weighted by Gasteiger charge is -2.32. The summed E-state index contributed by atoms with van der Waals surface area (Å²) in [6, 6.07) is 5.97. The molecule has 3 atom stereocenters. The third kappa shape index (κ3) is 2.54. The number of fused-ring (bicyclic) bond motifs is 1. The molecule has 0 bridgehead atoms. The van der Waals surface area contributed by atoms with Gasteiger partial charge in [-0.3, -0.25) is 4.79 Å². The van der Waals surface area contributed by atoms with Gasteiger partial charge in [-0.2, -0.15) is 0 Å². The summed E-state index contributed by atoms with van der Waals surface area (Å²) >= 11 is 0. The zero-order valence-corrected chi connectivity index (χ0v) is 11.8. The van der Waals surface area contributed by atoms with Crippen molar-refractivity contribution in [3.8, 4) is 5.75 Å². The lowest BCUT2D eigenvalue weighted by molar-refractivity contribution is 0.0994. The van der Waals surface area contributed by atoms with Gasteiger partial charge in [0, 0.05) is 12.0 Å². The lowest BCUT2D eigenvalue weighted by Crippen LogP contribution is -2.28. The Labute approximate surface area is 115 Å². The molecule has 2 aliphatic rings. The minimum atomic E-state index is 0.279. The van der Waals surface area contributed by atoms with Gasteiger partial charge >= 0.3 is 0 Å². The van der Waals surface area contributed by atoms with Crippen molar-refractivity contribution >= 4 is 5.78 Å². The van der Waals surface area contributed by atoms with Crippen LogP contribution in [0, 0.1) is 11.8 Å². The van der Waals surface area contributed by atoms with Gasteiger partial charge in [0.2, 0.25) is 0 Å². The van der Waals surface area contributed by atoms with Crippen LogP contribution in [-0.2, 0) is 6.42 Å². The summed E-state index contributed by atoms with van der Waals surface area (Å²) in [6.45, 7) is 4.66. The van der Waals surface area contributed by atoms with Crippen LogP contribution in [0.25, 0.3) is 0 Å². The molecule has 3 rings (SSSR count). The fraction of sp³-hybridized carbons (Fsp3) is 0.588. The van der Waals surface area contributed by atoms with E-state index in [1.165, 1.54) is 12.0 Å². The molecule has 1 aromatic rings. The Hall–Kier alpha value is -1.31. The zero-order valence-electron chi connectivity index (χ0n) is 11.8. The van der Waals surface area contributed by atoms with Crippen LogP contribution in [0.4, 0.5) is 0 Å². The molecule has 2 heteroatoms. The van der Waals surface area contributed by atoms with Crippen molar-refractivity contribution in [3.63, 3.8) is 0 Å². The van der Waals surface area contributed by atoms with E-state index in [9.17, 15) is 4.79 Å². The molecule has 1 saturated carbocycles. The predicted molar refractivity (Wildman–Crippen MR) is 75.7 cm³/mol. The van der Waals surface area contributed by atoms with Crippen LogP contribution >= 0.6 is 0 Å². The fourth-order valence-electron chi connectivity index (χ4n) is 3.30. The number of hydrogen-bond acceptors (Lipinski definition) is 2. The maximum atomic E-state index is 11.6. The van der Waals surface area contributed by atoms with Crippen LogP contribution in [0.3, 0.4) is 0 Å². The molecule has 0 heterocycles. The maximum absolute atomic E-state index is 11.6. The largest absolute Gasteiger partial charge is 0.490 e. The smallest absolute Gasteiger partial charge is 0.163 e. The summed E-state index contributed by atoms with van der Waals surface area (Å²) in [4.78, 5) is 11.6. The Balaban J connectivity index is 1.69. The molecule has 0 aliphatic heterocycles. The van der Waals surface area contributed by atoms with Crippen molar-refractivity contribution < 1.29 is 9.53 Å². The first-order valence-corrected chi connectivity index (χ1v) is 7.46. The summed E-state index contributed by atoms with van der Waals surface area (Å²) in [5.74, 6) is 2.79. The van der Waals surface area contributed by atoms with E-state index in [2.05, 4.69) is 19.9 Å². The molecule has 1 aromatic carbocycles. The normalized spacial score (nSPS) is 30.2. The van der Waals surface area contributed by atoms with Gasteiger partial charge in [0.1, 0.15) is 5.75 Å². The van der Waals surface area contributed by atoms with Gasteiger partial charge < -0.3 is 4.74 Å². The lowest BCUT2D eigenvalue weighted by atomic mass is 9.80. The molecule has 0 amide bonds. The standard InChI is InChI=1S/C17H22O2/c1-11-3-5-14(9-12(11)2)19-15-6-7-16-13(10-15)4-8-17(16)18/h6-7,10-12,14H,3-5,8-9H2,1-2H3. The Morgan fingerprint density at radius 3 is 2.74 bits per heavy atom. The van der Waals surface area contributed by atoms with Crippen molar-refractivity contribution in [2.75, 3.05) is 0 Å². The third-order valence-electron chi connectivity index (χ3n) is 4.85. The number of aryl methyl sites for hydroxylation is 1. The van der Waals surface area contributed by atoms with E-state index in [4.69, 9.17) is 4.74 Å². The number of carbonyl (C=O) groups is 1. The quantitative estimate of drug-likeness (QED) is 0.801. The first-order valence-electron chi connectivity index (χ1n) is 7.46. The van der Waals surface area contributed by atoms with Gasteiger partial charge in [-0.15, -0.1) is 0 Å². The molecule has 102 valence electrons. The van der Waals surface area contributed by atoms with E-state index in [1.54, 1.807) is 0 Å². The maximum Gasteiger partial charge on any atom is 0.163 e. The Morgan fingerprint density at radius 1 is 1.11 bits per heavy atom. The van der Waals surface area contributed by atoms with E-state index in [0.717, 1.165) is 42.4 Å². The van der Waals surface area contributed by atoms with E-state index >= 15 is 0 Å². The number of benzene rings is 1. The van der Waals surface area contributed by atoms with Crippen LogP contribution in [0.15, 0.2) is 18.2 Å². The van der Waals surface area contributed by atoms with Gasteiger partial charge in [-0.25, -0.2) is 0 Å². The molecule has 3 unspecified atom stereocenters. The first kappa shape index (κ1) is 12.7.